The van der Waals surface area contributed by atoms with E-state index in [1.807, 2.05) is 0 Å². The molecule has 0 saturated heterocycles. The largest absolute Gasteiger partial charge is 0.417 e. The molecule has 2 aromatic rings. The minimum atomic E-state index is -4.42. The molecule has 0 unspecified atom stereocenters. The highest BCUT2D eigenvalue weighted by Crippen LogP contribution is 2.28. The molecule has 0 aromatic carbocycles. The van der Waals surface area contributed by atoms with E-state index < -0.39 is 11.7 Å². The van der Waals surface area contributed by atoms with Crippen LogP contribution in [0.2, 0.25) is 0 Å². The van der Waals surface area contributed by atoms with Crippen LogP contribution in [0.4, 0.5) is 13.2 Å². The van der Waals surface area contributed by atoms with Crippen molar-refractivity contribution >= 4 is 6.41 Å². The van der Waals surface area contributed by atoms with E-state index in [1.165, 1.54) is 11.0 Å². The van der Waals surface area contributed by atoms with Gasteiger partial charge in [0.2, 0.25) is 6.41 Å². The molecule has 8 heteroatoms. The van der Waals surface area contributed by atoms with Gasteiger partial charge in [-0.2, -0.15) is 13.2 Å². The molecule has 0 fully saturated rings. The molecule has 0 aliphatic carbocycles. The molecule has 5 nitrogen and oxygen atoms in total. The van der Waals surface area contributed by atoms with Crippen molar-refractivity contribution in [2.75, 3.05) is 6.54 Å². The topological polar surface area (TPSA) is 59.0 Å². The van der Waals surface area contributed by atoms with E-state index in [-0.39, 0.29) is 6.54 Å². The third-order valence-electron chi connectivity index (χ3n) is 2.91. The van der Waals surface area contributed by atoms with E-state index >= 15 is 0 Å². The molecule has 2 aromatic heterocycles. The fourth-order valence-corrected chi connectivity index (χ4v) is 1.77. The van der Waals surface area contributed by atoms with E-state index in [0.717, 1.165) is 12.3 Å². The minimum Gasteiger partial charge on any atom is -0.339 e. The zero-order valence-electron chi connectivity index (χ0n) is 11.5. The average molecular weight is 310 g/mol. The van der Waals surface area contributed by atoms with E-state index in [9.17, 15) is 18.0 Å². The van der Waals surface area contributed by atoms with E-state index in [1.54, 1.807) is 18.5 Å². The second-order valence-corrected chi connectivity index (χ2v) is 4.53. The van der Waals surface area contributed by atoms with Gasteiger partial charge in [0.1, 0.15) is 5.82 Å². The lowest BCUT2D eigenvalue weighted by Gasteiger charge is -2.16. The Bertz CT molecular complexity index is 602. The first-order valence-corrected chi connectivity index (χ1v) is 6.46. The molecule has 22 heavy (non-hydrogen) atoms. The Kier molecular flexibility index (Phi) is 5.03. The van der Waals surface area contributed by atoms with Gasteiger partial charge in [-0.3, -0.25) is 9.78 Å². The van der Waals surface area contributed by atoms with Crippen LogP contribution < -0.4 is 0 Å². The summed E-state index contributed by atoms with van der Waals surface area (Å²) in [6, 6.07) is 3.90. The quantitative estimate of drug-likeness (QED) is 0.767. The van der Waals surface area contributed by atoms with E-state index in [2.05, 4.69) is 15.0 Å². The number of rotatable bonds is 6. The molecule has 2 rings (SSSR count). The van der Waals surface area contributed by atoms with Crippen molar-refractivity contribution in [3.8, 4) is 0 Å². The summed E-state index contributed by atoms with van der Waals surface area (Å²) >= 11 is 0. The van der Waals surface area contributed by atoms with Gasteiger partial charge in [0.25, 0.3) is 0 Å². The number of hydrogen-bond acceptors (Lipinski definition) is 4. The zero-order chi connectivity index (χ0) is 16.0. The molecule has 0 aliphatic rings. The highest BCUT2D eigenvalue weighted by molar-refractivity contribution is 5.47. The van der Waals surface area contributed by atoms with Crippen LogP contribution in [0.1, 0.15) is 17.1 Å². The standard InChI is InChI=1S/C14H13F3N4O/c15-14(16,17)11-2-3-12(20-8-11)9-21(10-22)7-4-13-18-5-1-6-19-13/h1-3,5-6,8,10H,4,7,9H2. The van der Waals surface area contributed by atoms with Gasteiger partial charge >= 0.3 is 6.18 Å². The lowest BCUT2D eigenvalue weighted by atomic mass is 10.2. The van der Waals surface area contributed by atoms with Crippen LogP contribution in [0.25, 0.3) is 0 Å². The van der Waals surface area contributed by atoms with Gasteiger partial charge in [-0.25, -0.2) is 9.97 Å². The number of aromatic nitrogens is 3. The predicted molar refractivity (Wildman–Crippen MR) is 71.4 cm³/mol. The summed E-state index contributed by atoms with van der Waals surface area (Å²) in [5.41, 5.74) is -0.430. The molecule has 0 bridgehead atoms. The van der Waals surface area contributed by atoms with Crippen molar-refractivity contribution in [3.63, 3.8) is 0 Å². The monoisotopic (exact) mass is 310 g/mol. The molecule has 0 atom stereocenters. The van der Waals surface area contributed by atoms with Crippen LogP contribution in [-0.4, -0.2) is 32.8 Å². The van der Waals surface area contributed by atoms with Gasteiger partial charge in [-0.1, -0.05) is 0 Å². The van der Waals surface area contributed by atoms with Gasteiger partial charge in [0.15, 0.2) is 0 Å². The van der Waals surface area contributed by atoms with Crippen LogP contribution in [0.15, 0.2) is 36.8 Å². The van der Waals surface area contributed by atoms with Crippen LogP contribution in [0, 0.1) is 0 Å². The Labute approximate surface area is 124 Å². The van der Waals surface area contributed by atoms with Crippen molar-refractivity contribution in [3.05, 3.63) is 53.9 Å². The average Bonchev–Trinajstić information content (AvgIpc) is 2.52. The number of amides is 1. The maximum absolute atomic E-state index is 12.4. The maximum atomic E-state index is 12.4. The summed E-state index contributed by atoms with van der Waals surface area (Å²) in [4.78, 5) is 24.3. The Morgan fingerprint density at radius 2 is 1.86 bits per heavy atom. The maximum Gasteiger partial charge on any atom is 0.417 e. The zero-order valence-corrected chi connectivity index (χ0v) is 11.5. The highest BCUT2D eigenvalue weighted by Gasteiger charge is 2.30. The predicted octanol–water partition coefficient (Wildman–Crippen LogP) is 2.09. The molecule has 0 N–H and O–H groups in total. The fraction of sp³-hybridized carbons (Fsp3) is 0.286. The Morgan fingerprint density at radius 1 is 1.14 bits per heavy atom. The molecule has 0 saturated carbocycles. The van der Waals surface area contributed by atoms with Crippen molar-refractivity contribution in [1.29, 1.82) is 0 Å². The van der Waals surface area contributed by atoms with Crippen molar-refractivity contribution < 1.29 is 18.0 Å². The molecular weight excluding hydrogens is 297 g/mol. The first kappa shape index (κ1) is 15.9. The Morgan fingerprint density at radius 3 is 2.41 bits per heavy atom. The second kappa shape index (κ2) is 6.97. The number of nitrogens with zero attached hydrogens (tertiary/aromatic N) is 4. The smallest absolute Gasteiger partial charge is 0.339 e. The van der Waals surface area contributed by atoms with E-state index in [0.29, 0.717) is 30.9 Å². The second-order valence-electron chi connectivity index (χ2n) is 4.53. The van der Waals surface area contributed by atoms with Gasteiger partial charge in [0, 0.05) is 31.6 Å². The van der Waals surface area contributed by atoms with Gasteiger partial charge in [0.05, 0.1) is 17.8 Å². The number of pyridine rings is 1. The number of carbonyl (C=O) groups is 1. The molecule has 116 valence electrons. The summed E-state index contributed by atoms with van der Waals surface area (Å²) in [7, 11) is 0. The molecule has 0 spiro atoms. The van der Waals surface area contributed by atoms with Gasteiger partial charge < -0.3 is 4.90 Å². The first-order chi connectivity index (χ1) is 10.5. The lowest BCUT2D eigenvalue weighted by molar-refractivity contribution is -0.137. The number of halogens is 3. The third kappa shape index (κ3) is 4.51. The highest BCUT2D eigenvalue weighted by atomic mass is 19.4. The number of alkyl halides is 3. The van der Waals surface area contributed by atoms with Crippen molar-refractivity contribution in [2.45, 2.75) is 19.1 Å². The molecule has 1 amide bonds. The fourth-order valence-electron chi connectivity index (χ4n) is 1.77. The molecular formula is C14H13F3N4O. The first-order valence-electron chi connectivity index (χ1n) is 6.46. The summed E-state index contributed by atoms with van der Waals surface area (Å²) < 4.78 is 37.3. The van der Waals surface area contributed by atoms with Crippen LogP contribution in [0.5, 0.6) is 0 Å². The van der Waals surface area contributed by atoms with Crippen molar-refractivity contribution in [1.82, 2.24) is 19.9 Å². The third-order valence-corrected chi connectivity index (χ3v) is 2.91. The Hall–Kier alpha value is -2.51. The van der Waals surface area contributed by atoms with Gasteiger partial charge in [-0.05, 0) is 18.2 Å². The number of hydrogen-bond donors (Lipinski definition) is 0. The van der Waals surface area contributed by atoms with Crippen LogP contribution >= 0.6 is 0 Å². The van der Waals surface area contributed by atoms with Crippen LogP contribution in [0.3, 0.4) is 0 Å². The molecule has 0 radical (unpaired) electrons. The number of carbonyl (C=O) groups excluding carboxylic acids is 1. The summed E-state index contributed by atoms with van der Waals surface area (Å²) in [6.07, 6.45) is 0.637. The SMILES string of the molecule is O=CN(CCc1ncccn1)Cc1ccc(C(F)(F)F)cn1. The minimum absolute atomic E-state index is 0.133. The lowest BCUT2D eigenvalue weighted by Crippen LogP contribution is -2.25. The van der Waals surface area contributed by atoms with Crippen LogP contribution in [-0.2, 0) is 23.9 Å². The summed E-state index contributed by atoms with van der Waals surface area (Å²) in [5, 5.41) is 0. The molecule has 0 aliphatic heterocycles. The normalized spacial score (nSPS) is 11.2. The van der Waals surface area contributed by atoms with Crippen molar-refractivity contribution in [2.24, 2.45) is 0 Å². The Balaban J connectivity index is 1.94. The van der Waals surface area contributed by atoms with E-state index in [4.69, 9.17) is 0 Å². The molecule has 2 heterocycles. The summed E-state index contributed by atoms with van der Waals surface area (Å²) in [6.45, 7) is 0.491. The van der Waals surface area contributed by atoms with Gasteiger partial charge in [-0.15, -0.1) is 0 Å². The summed E-state index contributed by atoms with van der Waals surface area (Å²) in [5.74, 6) is 0.592.